The summed E-state index contributed by atoms with van der Waals surface area (Å²) < 4.78 is 0. The van der Waals surface area contributed by atoms with Gasteiger partial charge in [0.2, 0.25) is 0 Å². The van der Waals surface area contributed by atoms with Gasteiger partial charge in [0, 0.05) is 26.7 Å². The van der Waals surface area contributed by atoms with Crippen molar-refractivity contribution in [3.63, 3.8) is 0 Å². The van der Waals surface area contributed by atoms with Crippen LogP contribution in [0.4, 0.5) is 0 Å². The molecule has 0 fully saturated rings. The minimum atomic E-state index is -0.997. The van der Waals surface area contributed by atoms with Gasteiger partial charge in [0.05, 0.1) is 5.69 Å². The number of benzene rings is 2. The van der Waals surface area contributed by atoms with E-state index in [4.69, 9.17) is 23.2 Å². The van der Waals surface area contributed by atoms with E-state index >= 15 is 0 Å². The van der Waals surface area contributed by atoms with Gasteiger partial charge in [-0.2, -0.15) is 0 Å². The third-order valence-corrected chi connectivity index (χ3v) is 5.00. The number of aromatic carboxylic acids is 1. The number of fused-ring (bicyclic) bond motifs is 3. The minimum absolute atomic E-state index is 0.168. The highest BCUT2D eigenvalue weighted by Gasteiger charge is 2.28. The fourth-order valence-corrected chi connectivity index (χ4v) is 3.91. The lowest BCUT2D eigenvalue weighted by molar-refractivity contribution is 0.0692. The van der Waals surface area contributed by atoms with Gasteiger partial charge in [-0.25, -0.2) is 4.79 Å². The molecule has 0 atom stereocenters. The van der Waals surface area contributed by atoms with E-state index in [1.165, 1.54) is 5.56 Å². The van der Waals surface area contributed by atoms with Gasteiger partial charge < -0.3 is 10.1 Å². The number of rotatable bonds is 2. The number of aromatic nitrogens is 1. The summed E-state index contributed by atoms with van der Waals surface area (Å²) in [7, 11) is 0. The Balaban J connectivity index is 2.02. The largest absolute Gasteiger partial charge is 0.477 e. The van der Waals surface area contributed by atoms with E-state index in [9.17, 15) is 9.90 Å². The molecule has 1 aromatic heterocycles. The Morgan fingerprint density at radius 3 is 2.58 bits per heavy atom. The maximum absolute atomic E-state index is 11.8. The van der Waals surface area contributed by atoms with Gasteiger partial charge in [-0.3, -0.25) is 0 Å². The van der Waals surface area contributed by atoms with E-state index in [0.29, 0.717) is 21.2 Å². The highest BCUT2D eigenvalue weighted by atomic mass is 35.5. The van der Waals surface area contributed by atoms with Crippen LogP contribution in [-0.4, -0.2) is 16.1 Å². The summed E-state index contributed by atoms with van der Waals surface area (Å²) in [5.74, 6) is -0.997. The molecular formula is C19H13Cl2NO2. The first-order chi connectivity index (χ1) is 11.6. The minimum Gasteiger partial charge on any atom is -0.477 e. The number of nitrogens with one attached hydrogen (secondary N) is 1. The van der Waals surface area contributed by atoms with Crippen LogP contribution in [0.25, 0.3) is 22.4 Å². The predicted octanol–water partition coefficient (Wildman–Crippen LogP) is 5.45. The summed E-state index contributed by atoms with van der Waals surface area (Å²) in [6.07, 6.45) is 1.64. The van der Waals surface area contributed by atoms with Crippen molar-refractivity contribution in [3.05, 3.63) is 69.3 Å². The monoisotopic (exact) mass is 357 g/mol. The summed E-state index contributed by atoms with van der Waals surface area (Å²) in [6.45, 7) is 0. The van der Waals surface area contributed by atoms with Crippen LogP contribution in [0.5, 0.6) is 0 Å². The van der Waals surface area contributed by atoms with E-state index < -0.39 is 5.97 Å². The molecule has 0 radical (unpaired) electrons. The van der Waals surface area contributed by atoms with E-state index in [0.717, 1.165) is 29.7 Å². The molecule has 5 heteroatoms. The molecule has 1 aliphatic rings. The van der Waals surface area contributed by atoms with Crippen molar-refractivity contribution in [2.75, 3.05) is 0 Å². The number of aromatic amines is 1. The Morgan fingerprint density at radius 2 is 1.83 bits per heavy atom. The summed E-state index contributed by atoms with van der Waals surface area (Å²) in [5, 5.41) is 10.6. The molecule has 0 amide bonds. The second-order valence-electron chi connectivity index (χ2n) is 5.82. The first kappa shape index (κ1) is 15.3. The molecule has 3 nitrogen and oxygen atoms in total. The van der Waals surface area contributed by atoms with Crippen LogP contribution in [0.1, 0.15) is 21.6 Å². The van der Waals surface area contributed by atoms with E-state index in [2.05, 4.69) is 11.1 Å². The lowest BCUT2D eigenvalue weighted by Crippen LogP contribution is -2.03. The lowest BCUT2D eigenvalue weighted by atomic mass is 9.87. The highest BCUT2D eigenvalue weighted by Crippen LogP contribution is 2.43. The van der Waals surface area contributed by atoms with E-state index in [1.54, 1.807) is 18.2 Å². The molecule has 0 aliphatic heterocycles. The van der Waals surface area contributed by atoms with Gasteiger partial charge in [-0.1, -0.05) is 53.5 Å². The van der Waals surface area contributed by atoms with Crippen molar-refractivity contribution in [3.8, 4) is 22.4 Å². The zero-order valence-corrected chi connectivity index (χ0v) is 14.1. The Bertz CT molecular complexity index is 975. The van der Waals surface area contributed by atoms with Crippen LogP contribution in [0.15, 0.2) is 42.5 Å². The average Bonchev–Trinajstić information content (AvgIpc) is 2.95. The summed E-state index contributed by atoms with van der Waals surface area (Å²) in [5.41, 5.74) is 5.66. The van der Waals surface area contributed by atoms with Gasteiger partial charge in [-0.15, -0.1) is 0 Å². The first-order valence-corrected chi connectivity index (χ1v) is 8.33. The Kier molecular flexibility index (Phi) is 3.63. The van der Waals surface area contributed by atoms with Crippen molar-refractivity contribution in [2.45, 2.75) is 12.8 Å². The normalized spacial score (nSPS) is 12.6. The van der Waals surface area contributed by atoms with Crippen molar-refractivity contribution < 1.29 is 9.90 Å². The second kappa shape index (κ2) is 5.69. The number of halogens is 2. The Morgan fingerprint density at radius 1 is 1.04 bits per heavy atom. The number of hydrogen-bond acceptors (Lipinski definition) is 1. The third-order valence-electron chi connectivity index (χ3n) is 4.45. The fraction of sp³-hybridized carbons (Fsp3) is 0.105. The zero-order valence-electron chi connectivity index (χ0n) is 12.6. The maximum Gasteiger partial charge on any atom is 0.352 e. The average molecular weight is 358 g/mol. The van der Waals surface area contributed by atoms with Gasteiger partial charge in [-0.05, 0) is 36.1 Å². The topological polar surface area (TPSA) is 53.1 Å². The predicted molar refractivity (Wildman–Crippen MR) is 96.1 cm³/mol. The quantitative estimate of drug-likeness (QED) is 0.640. The van der Waals surface area contributed by atoms with E-state index in [1.807, 2.05) is 18.2 Å². The molecule has 2 aromatic carbocycles. The van der Waals surface area contributed by atoms with Crippen LogP contribution >= 0.6 is 23.2 Å². The smallest absolute Gasteiger partial charge is 0.352 e. The highest BCUT2D eigenvalue weighted by molar-refractivity contribution is 6.36. The van der Waals surface area contributed by atoms with Crippen LogP contribution in [0.2, 0.25) is 10.0 Å². The number of carboxylic acid groups (broad SMARTS) is 1. The van der Waals surface area contributed by atoms with Crippen molar-refractivity contribution in [1.82, 2.24) is 4.98 Å². The van der Waals surface area contributed by atoms with Crippen molar-refractivity contribution in [2.24, 2.45) is 0 Å². The standard InChI is InChI=1S/C19H13Cl2NO2/c20-11-6-8-13(15(21)9-11)16-14-7-5-10-3-1-2-4-12(10)17(14)22-18(16)19(23)24/h1-4,6,8-9,22H,5,7H2,(H,23,24). The summed E-state index contributed by atoms with van der Waals surface area (Å²) in [4.78, 5) is 14.9. The van der Waals surface area contributed by atoms with Crippen LogP contribution in [-0.2, 0) is 12.8 Å². The first-order valence-electron chi connectivity index (χ1n) is 7.58. The van der Waals surface area contributed by atoms with Gasteiger partial charge >= 0.3 is 5.97 Å². The van der Waals surface area contributed by atoms with Crippen LogP contribution in [0, 0.1) is 0 Å². The molecule has 0 bridgehead atoms. The molecule has 120 valence electrons. The van der Waals surface area contributed by atoms with Gasteiger partial charge in [0.1, 0.15) is 5.69 Å². The maximum atomic E-state index is 11.8. The Hall–Kier alpha value is -2.23. The van der Waals surface area contributed by atoms with Gasteiger partial charge in [0.25, 0.3) is 0 Å². The van der Waals surface area contributed by atoms with Crippen LogP contribution in [0.3, 0.4) is 0 Å². The molecule has 3 aromatic rings. The number of aryl methyl sites for hydroxylation is 1. The molecule has 0 spiro atoms. The Labute approximate surface area is 148 Å². The number of hydrogen-bond donors (Lipinski definition) is 2. The molecule has 24 heavy (non-hydrogen) atoms. The third kappa shape index (κ3) is 2.32. The summed E-state index contributed by atoms with van der Waals surface area (Å²) in [6, 6.07) is 13.2. The number of carbonyl (C=O) groups is 1. The molecule has 0 saturated carbocycles. The van der Waals surface area contributed by atoms with Crippen molar-refractivity contribution >= 4 is 29.2 Å². The van der Waals surface area contributed by atoms with E-state index in [-0.39, 0.29) is 5.69 Å². The lowest BCUT2D eigenvalue weighted by Gasteiger charge is -2.17. The second-order valence-corrected chi connectivity index (χ2v) is 6.66. The summed E-state index contributed by atoms with van der Waals surface area (Å²) >= 11 is 12.3. The van der Waals surface area contributed by atoms with Crippen molar-refractivity contribution in [1.29, 1.82) is 0 Å². The molecule has 0 saturated heterocycles. The molecule has 4 rings (SSSR count). The van der Waals surface area contributed by atoms with Gasteiger partial charge in [0.15, 0.2) is 0 Å². The zero-order chi connectivity index (χ0) is 16.8. The molecule has 1 heterocycles. The molecule has 1 aliphatic carbocycles. The SMILES string of the molecule is O=C(O)c1[nH]c2c(c1-c1ccc(Cl)cc1Cl)CCc1ccccc1-2. The van der Waals surface area contributed by atoms with Crippen LogP contribution < -0.4 is 0 Å². The molecule has 0 unspecified atom stereocenters. The molecular weight excluding hydrogens is 345 g/mol. The molecule has 2 N–H and O–H groups in total. The number of H-pyrrole nitrogens is 1. The fourth-order valence-electron chi connectivity index (χ4n) is 3.41. The number of carboxylic acids is 1.